The van der Waals surface area contributed by atoms with Gasteiger partial charge in [-0.15, -0.1) is 11.3 Å². The molecule has 0 radical (unpaired) electrons. The Morgan fingerprint density at radius 1 is 1.08 bits per heavy atom. The molecule has 8 nitrogen and oxygen atoms in total. The second-order valence-corrected chi connectivity index (χ2v) is 11.0. The summed E-state index contributed by atoms with van der Waals surface area (Å²) in [5.74, 6) is -1.49. The molecule has 1 unspecified atom stereocenters. The van der Waals surface area contributed by atoms with E-state index >= 15 is 0 Å². The summed E-state index contributed by atoms with van der Waals surface area (Å²) in [7, 11) is 1.34. The van der Waals surface area contributed by atoms with Gasteiger partial charge in [-0.25, -0.2) is 9.59 Å². The largest absolute Gasteiger partial charge is 0.465 e. The van der Waals surface area contributed by atoms with Gasteiger partial charge in [0.05, 0.1) is 23.8 Å². The van der Waals surface area contributed by atoms with Crippen molar-refractivity contribution in [3.63, 3.8) is 0 Å². The number of fused-ring (bicyclic) bond motifs is 3. The zero-order valence-corrected chi connectivity index (χ0v) is 22.9. The van der Waals surface area contributed by atoms with E-state index in [9.17, 15) is 14.4 Å². The zero-order valence-electron chi connectivity index (χ0n) is 22.1. The van der Waals surface area contributed by atoms with Crippen LogP contribution in [-0.2, 0) is 40.1 Å². The van der Waals surface area contributed by atoms with Crippen molar-refractivity contribution in [1.29, 1.82) is 0 Å². The second kappa shape index (κ2) is 11.2. The Kier molecular flexibility index (Phi) is 7.76. The highest BCUT2D eigenvalue weighted by molar-refractivity contribution is 7.17. The van der Waals surface area contributed by atoms with Crippen molar-refractivity contribution in [1.82, 2.24) is 9.88 Å². The van der Waals surface area contributed by atoms with Gasteiger partial charge >= 0.3 is 11.9 Å². The Labute approximate surface area is 226 Å². The van der Waals surface area contributed by atoms with Crippen molar-refractivity contribution >= 4 is 45.1 Å². The highest BCUT2D eigenvalue weighted by Crippen LogP contribution is 2.38. The number of esters is 2. The van der Waals surface area contributed by atoms with E-state index in [0.717, 1.165) is 84.2 Å². The summed E-state index contributed by atoms with van der Waals surface area (Å²) >= 11 is 1.40. The van der Waals surface area contributed by atoms with Crippen molar-refractivity contribution in [2.75, 3.05) is 25.5 Å². The molecule has 9 heteroatoms. The van der Waals surface area contributed by atoms with Crippen LogP contribution in [0.15, 0.2) is 24.3 Å². The molecule has 5 rings (SSSR count). The number of carbonyl (C=O) groups is 3. The minimum absolute atomic E-state index is 0.421. The van der Waals surface area contributed by atoms with Gasteiger partial charge in [-0.2, -0.15) is 0 Å². The molecule has 2 aliphatic rings. The van der Waals surface area contributed by atoms with E-state index < -0.39 is 23.9 Å². The molecule has 1 aliphatic heterocycles. The second-order valence-electron chi connectivity index (χ2n) is 9.90. The predicted octanol–water partition coefficient (Wildman–Crippen LogP) is 4.91. The summed E-state index contributed by atoms with van der Waals surface area (Å²) < 4.78 is 10.8. The quantitative estimate of drug-likeness (QED) is 0.429. The molecule has 1 aliphatic carbocycles. The molecular weight excluding hydrogens is 502 g/mol. The summed E-state index contributed by atoms with van der Waals surface area (Å²) in [4.78, 5) is 47.6. The zero-order chi connectivity index (χ0) is 26.8. The van der Waals surface area contributed by atoms with Crippen LogP contribution >= 0.6 is 11.3 Å². The minimum Gasteiger partial charge on any atom is -0.465 e. The van der Waals surface area contributed by atoms with E-state index in [1.54, 1.807) is 6.92 Å². The van der Waals surface area contributed by atoms with Crippen LogP contribution in [-0.4, -0.2) is 54.0 Å². The van der Waals surface area contributed by atoms with Crippen LogP contribution in [0.2, 0.25) is 0 Å². The molecule has 1 amide bonds. The van der Waals surface area contributed by atoms with Crippen molar-refractivity contribution in [2.45, 2.75) is 65.0 Å². The van der Waals surface area contributed by atoms with Crippen molar-refractivity contribution in [2.24, 2.45) is 0 Å². The maximum Gasteiger partial charge on any atom is 0.341 e. The lowest BCUT2D eigenvalue weighted by Crippen LogP contribution is -2.34. The number of anilines is 1. The van der Waals surface area contributed by atoms with E-state index in [2.05, 4.69) is 17.1 Å². The maximum atomic E-state index is 13.6. The summed E-state index contributed by atoms with van der Waals surface area (Å²) in [6.07, 6.45) is 4.42. The first-order valence-electron chi connectivity index (χ1n) is 13.3. The first-order chi connectivity index (χ1) is 18.4. The molecule has 0 saturated heterocycles. The lowest BCUT2D eigenvalue weighted by Gasteiger charge is -2.29. The molecular formula is C29H33N3O5S. The van der Waals surface area contributed by atoms with Crippen LogP contribution in [0, 0.1) is 0 Å². The molecule has 0 saturated carbocycles. The topological polar surface area (TPSA) is 97.8 Å². The van der Waals surface area contributed by atoms with Crippen molar-refractivity contribution < 1.29 is 23.9 Å². The number of methoxy groups -OCH3 is 1. The van der Waals surface area contributed by atoms with Gasteiger partial charge in [-0.3, -0.25) is 14.7 Å². The molecule has 1 aromatic carbocycles. The van der Waals surface area contributed by atoms with Crippen molar-refractivity contribution in [3.05, 3.63) is 57.1 Å². The molecule has 200 valence electrons. The van der Waals surface area contributed by atoms with Gasteiger partial charge in [0, 0.05) is 41.0 Å². The van der Waals surface area contributed by atoms with E-state index in [0.29, 0.717) is 22.7 Å². The van der Waals surface area contributed by atoms with Gasteiger partial charge in [0.25, 0.3) is 5.91 Å². The van der Waals surface area contributed by atoms with Gasteiger partial charge in [-0.1, -0.05) is 25.1 Å². The SMILES string of the molecule is CCCN1CCc2nc3ccccc3c(C(=O)OC(C)C(=O)Nc3sc4c(c3C(=O)OC)CCCC4)c2C1. The van der Waals surface area contributed by atoms with Gasteiger partial charge in [0.1, 0.15) is 5.00 Å². The number of hydrogen-bond acceptors (Lipinski definition) is 8. The molecule has 0 spiro atoms. The number of pyridine rings is 1. The lowest BCUT2D eigenvalue weighted by atomic mass is 9.95. The fourth-order valence-corrected chi connectivity index (χ4v) is 6.73. The molecule has 3 heterocycles. The van der Waals surface area contributed by atoms with Gasteiger partial charge in [0.2, 0.25) is 0 Å². The number of carbonyl (C=O) groups excluding carboxylic acids is 3. The van der Waals surface area contributed by atoms with Gasteiger partial charge in [0.15, 0.2) is 6.10 Å². The first-order valence-corrected chi connectivity index (χ1v) is 14.1. The average molecular weight is 536 g/mol. The number of nitrogens with one attached hydrogen (secondary N) is 1. The Morgan fingerprint density at radius 3 is 2.66 bits per heavy atom. The number of para-hydroxylation sites is 1. The van der Waals surface area contributed by atoms with Crippen molar-refractivity contribution in [3.8, 4) is 0 Å². The van der Waals surface area contributed by atoms with Crippen LogP contribution in [0.1, 0.15) is 75.5 Å². The average Bonchev–Trinajstić information content (AvgIpc) is 3.29. The number of ether oxygens (including phenoxy) is 2. The Morgan fingerprint density at radius 2 is 1.87 bits per heavy atom. The lowest BCUT2D eigenvalue weighted by molar-refractivity contribution is -0.123. The van der Waals surface area contributed by atoms with Gasteiger partial charge in [-0.05, 0) is 57.2 Å². The predicted molar refractivity (Wildman–Crippen MR) is 147 cm³/mol. The number of hydrogen-bond donors (Lipinski definition) is 1. The molecule has 0 fully saturated rings. The normalized spacial score (nSPS) is 15.9. The van der Waals surface area contributed by atoms with Crippen LogP contribution in [0.4, 0.5) is 5.00 Å². The molecule has 38 heavy (non-hydrogen) atoms. The Balaban J connectivity index is 1.40. The highest BCUT2D eigenvalue weighted by atomic mass is 32.1. The fourth-order valence-electron chi connectivity index (χ4n) is 5.44. The fraction of sp³-hybridized carbons (Fsp3) is 0.448. The van der Waals surface area contributed by atoms with Crippen LogP contribution in [0.5, 0.6) is 0 Å². The summed E-state index contributed by atoms with van der Waals surface area (Å²) in [5, 5.41) is 4.02. The number of rotatable bonds is 7. The molecule has 1 atom stereocenters. The van der Waals surface area contributed by atoms with E-state index in [-0.39, 0.29) is 0 Å². The standard InChI is InChI=1S/C29H33N3O5S/c1-4-14-32-15-13-22-20(16-32)24(18-9-5-7-11-21(18)30-22)29(35)37-17(2)26(33)31-27-25(28(34)36-3)19-10-6-8-12-23(19)38-27/h5,7,9,11,17H,4,6,8,10,12-16H2,1-3H3,(H,31,33). The maximum absolute atomic E-state index is 13.6. The third-order valence-corrected chi connectivity index (χ3v) is 8.53. The smallest absolute Gasteiger partial charge is 0.341 e. The minimum atomic E-state index is -1.06. The monoisotopic (exact) mass is 535 g/mol. The number of thiophene rings is 1. The molecule has 0 bridgehead atoms. The number of amides is 1. The third-order valence-electron chi connectivity index (χ3n) is 7.32. The number of benzene rings is 1. The van der Waals surface area contributed by atoms with Crippen LogP contribution in [0.25, 0.3) is 10.9 Å². The van der Waals surface area contributed by atoms with Crippen LogP contribution in [0.3, 0.4) is 0 Å². The summed E-state index contributed by atoms with van der Waals surface area (Å²) in [6.45, 7) is 6.14. The number of aryl methyl sites for hydroxylation is 1. The Bertz CT molecular complexity index is 1400. The molecule has 1 N–H and O–H groups in total. The van der Waals surface area contributed by atoms with E-state index in [4.69, 9.17) is 14.5 Å². The number of aromatic nitrogens is 1. The van der Waals surface area contributed by atoms with E-state index in [1.807, 2.05) is 24.3 Å². The van der Waals surface area contributed by atoms with E-state index in [1.165, 1.54) is 18.4 Å². The summed E-state index contributed by atoms with van der Waals surface area (Å²) in [6, 6.07) is 7.55. The first kappa shape index (κ1) is 26.3. The molecule has 3 aromatic rings. The highest BCUT2D eigenvalue weighted by Gasteiger charge is 2.31. The third kappa shape index (κ3) is 5.05. The van der Waals surface area contributed by atoms with Gasteiger partial charge < -0.3 is 14.8 Å². The molecule has 2 aromatic heterocycles. The number of nitrogens with zero attached hydrogens (tertiary/aromatic N) is 2. The summed E-state index contributed by atoms with van der Waals surface area (Å²) in [5.41, 5.74) is 4.38. The Hall–Kier alpha value is -3.30. The van der Waals surface area contributed by atoms with Crippen LogP contribution < -0.4 is 5.32 Å².